The Labute approximate surface area is 130 Å². The van der Waals surface area contributed by atoms with Gasteiger partial charge in [-0.2, -0.15) is 0 Å². The van der Waals surface area contributed by atoms with Gasteiger partial charge in [0.1, 0.15) is 0 Å². The molecule has 100 valence electrons. The fourth-order valence-electron chi connectivity index (χ4n) is 1.26. The highest BCUT2D eigenvalue weighted by Gasteiger charge is 1.99. The van der Waals surface area contributed by atoms with E-state index in [-0.39, 0.29) is 24.0 Å². The van der Waals surface area contributed by atoms with Crippen LogP contribution in [0.15, 0.2) is 11.2 Å². The van der Waals surface area contributed by atoms with Gasteiger partial charge in [0.15, 0.2) is 5.96 Å². The molecular formula is C12H19IN4S. The van der Waals surface area contributed by atoms with Crippen molar-refractivity contribution < 1.29 is 0 Å². The van der Waals surface area contributed by atoms with Crippen molar-refractivity contribution in [2.24, 2.45) is 4.99 Å². The fraction of sp³-hybridized carbons (Fsp3) is 0.500. The van der Waals surface area contributed by atoms with E-state index in [0.29, 0.717) is 13.1 Å². The standard InChI is InChI=1S/C12H18N4S.HI/c1-4-7-14-12(13-5-2)15-8-6-11-16-9-10(3)17-11;/h1,9H,5-8H2,2-3H3,(H2,13,14,15);1H. The van der Waals surface area contributed by atoms with E-state index in [9.17, 15) is 0 Å². The monoisotopic (exact) mass is 378 g/mol. The average molecular weight is 378 g/mol. The summed E-state index contributed by atoms with van der Waals surface area (Å²) in [6.07, 6.45) is 7.95. The highest BCUT2D eigenvalue weighted by atomic mass is 127. The highest BCUT2D eigenvalue weighted by Crippen LogP contribution is 2.11. The van der Waals surface area contributed by atoms with Crippen LogP contribution in [0, 0.1) is 19.3 Å². The summed E-state index contributed by atoms with van der Waals surface area (Å²) in [4.78, 5) is 9.96. The zero-order valence-electron chi connectivity index (χ0n) is 10.7. The SMILES string of the molecule is C#CCNC(=NCCc1ncc(C)s1)NCC.I. The number of aromatic nitrogens is 1. The van der Waals surface area contributed by atoms with Gasteiger partial charge in [0.2, 0.25) is 0 Å². The second kappa shape index (κ2) is 10.1. The largest absolute Gasteiger partial charge is 0.357 e. The third-order valence-electron chi connectivity index (χ3n) is 1.97. The molecule has 0 amide bonds. The lowest BCUT2D eigenvalue weighted by Gasteiger charge is -2.08. The quantitative estimate of drug-likeness (QED) is 0.356. The van der Waals surface area contributed by atoms with Gasteiger partial charge in [-0.15, -0.1) is 41.7 Å². The van der Waals surface area contributed by atoms with E-state index in [4.69, 9.17) is 6.42 Å². The molecule has 0 unspecified atom stereocenters. The lowest BCUT2D eigenvalue weighted by atomic mass is 10.4. The molecule has 0 atom stereocenters. The minimum absolute atomic E-state index is 0. The van der Waals surface area contributed by atoms with Crippen LogP contribution in [-0.2, 0) is 6.42 Å². The van der Waals surface area contributed by atoms with Gasteiger partial charge < -0.3 is 10.6 Å². The first-order valence-electron chi connectivity index (χ1n) is 5.63. The maximum atomic E-state index is 5.19. The van der Waals surface area contributed by atoms with Crippen LogP contribution in [0.5, 0.6) is 0 Å². The first-order valence-corrected chi connectivity index (χ1v) is 6.45. The molecule has 0 radical (unpaired) electrons. The molecule has 0 bridgehead atoms. The van der Waals surface area contributed by atoms with E-state index in [1.54, 1.807) is 11.3 Å². The third kappa shape index (κ3) is 6.81. The Kier molecular flexibility index (Phi) is 9.69. The van der Waals surface area contributed by atoms with Crippen molar-refractivity contribution in [3.05, 3.63) is 16.1 Å². The van der Waals surface area contributed by atoms with Crippen LogP contribution in [0.3, 0.4) is 0 Å². The first-order chi connectivity index (χ1) is 8.26. The molecule has 0 fully saturated rings. The van der Waals surface area contributed by atoms with Crippen LogP contribution < -0.4 is 10.6 Å². The fourth-order valence-corrected chi connectivity index (χ4v) is 2.03. The number of aliphatic imine (C=N–C) groups is 1. The van der Waals surface area contributed by atoms with E-state index < -0.39 is 0 Å². The van der Waals surface area contributed by atoms with E-state index in [1.165, 1.54) is 4.88 Å². The van der Waals surface area contributed by atoms with Crippen LogP contribution >= 0.6 is 35.3 Å². The Balaban J connectivity index is 0.00000289. The predicted molar refractivity (Wildman–Crippen MR) is 88.8 cm³/mol. The normalized spacial score (nSPS) is 10.4. The van der Waals surface area contributed by atoms with Crippen LogP contribution in [0.4, 0.5) is 0 Å². The summed E-state index contributed by atoms with van der Waals surface area (Å²) in [5.74, 6) is 3.29. The molecule has 6 heteroatoms. The first kappa shape index (κ1) is 17.2. The Hall–Kier alpha value is -0.810. The van der Waals surface area contributed by atoms with Crippen molar-refractivity contribution in [1.29, 1.82) is 0 Å². The molecule has 18 heavy (non-hydrogen) atoms. The van der Waals surface area contributed by atoms with Gasteiger partial charge in [-0.3, -0.25) is 4.99 Å². The number of terminal acetylenes is 1. The molecule has 2 N–H and O–H groups in total. The summed E-state index contributed by atoms with van der Waals surface area (Å²) in [7, 11) is 0. The van der Waals surface area contributed by atoms with Crippen LogP contribution in [0.1, 0.15) is 16.8 Å². The van der Waals surface area contributed by atoms with Crippen molar-refractivity contribution in [1.82, 2.24) is 15.6 Å². The lowest BCUT2D eigenvalue weighted by Crippen LogP contribution is -2.37. The number of halogens is 1. The molecule has 0 saturated carbocycles. The summed E-state index contributed by atoms with van der Waals surface area (Å²) < 4.78 is 0. The maximum Gasteiger partial charge on any atom is 0.192 e. The summed E-state index contributed by atoms with van der Waals surface area (Å²) in [5.41, 5.74) is 0. The second-order valence-electron chi connectivity index (χ2n) is 3.43. The molecule has 0 spiro atoms. The van der Waals surface area contributed by atoms with E-state index >= 15 is 0 Å². The van der Waals surface area contributed by atoms with E-state index in [2.05, 4.69) is 33.5 Å². The molecule has 1 heterocycles. The third-order valence-corrected chi connectivity index (χ3v) is 2.94. The Morgan fingerprint density at radius 3 is 2.89 bits per heavy atom. The number of nitrogens with one attached hydrogen (secondary N) is 2. The van der Waals surface area contributed by atoms with Gasteiger partial charge in [-0.25, -0.2) is 4.98 Å². The lowest BCUT2D eigenvalue weighted by molar-refractivity contribution is 0.853. The Bertz CT molecular complexity index is 408. The van der Waals surface area contributed by atoms with E-state index in [0.717, 1.165) is 23.9 Å². The van der Waals surface area contributed by atoms with Crippen LogP contribution in [0.25, 0.3) is 0 Å². The smallest absolute Gasteiger partial charge is 0.192 e. The molecule has 1 aromatic heterocycles. The molecule has 1 rings (SSSR count). The molecule has 1 aromatic rings. The topological polar surface area (TPSA) is 49.3 Å². The summed E-state index contributed by atoms with van der Waals surface area (Å²) >= 11 is 1.72. The highest BCUT2D eigenvalue weighted by molar-refractivity contribution is 14.0. The molecule has 0 aliphatic rings. The van der Waals surface area contributed by atoms with Gasteiger partial charge in [0.05, 0.1) is 11.6 Å². The van der Waals surface area contributed by atoms with Gasteiger partial charge in [0, 0.05) is 30.6 Å². The zero-order valence-corrected chi connectivity index (χ0v) is 13.8. The predicted octanol–water partition coefficient (Wildman–Crippen LogP) is 1.80. The number of guanidine groups is 1. The molecule has 0 aliphatic heterocycles. The number of nitrogens with zero attached hydrogens (tertiary/aromatic N) is 2. The zero-order chi connectivity index (χ0) is 12.5. The summed E-state index contributed by atoms with van der Waals surface area (Å²) in [6.45, 7) is 6.11. The van der Waals surface area contributed by atoms with Crippen molar-refractivity contribution in [2.45, 2.75) is 20.3 Å². The minimum atomic E-state index is 0. The number of rotatable bonds is 5. The van der Waals surface area contributed by atoms with Crippen molar-refractivity contribution in [3.63, 3.8) is 0 Å². The van der Waals surface area contributed by atoms with E-state index in [1.807, 2.05) is 13.1 Å². The number of thiazole rings is 1. The number of aryl methyl sites for hydroxylation is 1. The molecule has 0 aromatic carbocycles. The number of hydrogen-bond acceptors (Lipinski definition) is 3. The minimum Gasteiger partial charge on any atom is -0.357 e. The van der Waals surface area contributed by atoms with Crippen molar-refractivity contribution in [3.8, 4) is 12.3 Å². The summed E-state index contributed by atoms with van der Waals surface area (Å²) in [6, 6.07) is 0. The summed E-state index contributed by atoms with van der Waals surface area (Å²) in [5, 5.41) is 7.31. The molecule has 4 nitrogen and oxygen atoms in total. The van der Waals surface area contributed by atoms with Gasteiger partial charge >= 0.3 is 0 Å². The molecule has 0 aliphatic carbocycles. The van der Waals surface area contributed by atoms with Crippen LogP contribution in [0.2, 0.25) is 0 Å². The average Bonchev–Trinajstić information content (AvgIpc) is 2.72. The van der Waals surface area contributed by atoms with Crippen LogP contribution in [-0.4, -0.2) is 30.6 Å². The van der Waals surface area contributed by atoms with Gasteiger partial charge in [0.25, 0.3) is 0 Å². The molecular weight excluding hydrogens is 359 g/mol. The number of hydrogen-bond donors (Lipinski definition) is 2. The maximum absolute atomic E-state index is 5.19. The molecule has 0 saturated heterocycles. The van der Waals surface area contributed by atoms with Crippen molar-refractivity contribution >= 4 is 41.3 Å². The Morgan fingerprint density at radius 2 is 2.33 bits per heavy atom. The van der Waals surface area contributed by atoms with Gasteiger partial charge in [-0.1, -0.05) is 5.92 Å². The van der Waals surface area contributed by atoms with Crippen molar-refractivity contribution in [2.75, 3.05) is 19.6 Å². The Morgan fingerprint density at radius 1 is 1.56 bits per heavy atom. The van der Waals surface area contributed by atoms with Gasteiger partial charge in [-0.05, 0) is 13.8 Å². The second-order valence-corrected chi connectivity index (χ2v) is 4.75.